The lowest BCUT2D eigenvalue weighted by atomic mass is 10.2. The molecule has 1 nitrogen and oxygen atoms in total. The third-order valence-electron chi connectivity index (χ3n) is 2.13. The van der Waals surface area contributed by atoms with Crippen LogP contribution in [0, 0.1) is 25.2 Å². The first kappa shape index (κ1) is 21.7. The molecule has 0 bridgehead atoms. The average Bonchev–Trinajstić information content (AvgIpc) is 2.51. The van der Waals surface area contributed by atoms with Gasteiger partial charge in [-0.05, 0) is 43.7 Å². The van der Waals surface area contributed by atoms with Crippen LogP contribution in [0.25, 0.3) is 0 Å². The Hall–Kier alpha value is -1.59. The van der Waals surface area contributed by atoms with E-state index in [2.05, 4.69) is 41.1 Å². The molecule has 0 aliphatic carbocycles. The molecule has 2 aromatic carbocycles. The maximum atomic E-state index is 8.41. The first-order valence-electron chi connectivity index (χ1n) is 7.31. The number of nitriles is 1. The number of rotatable bonds is 0. The molecule has 0 aliphatic rings. The van der Waals surface area contributed by atoms with E-state index in [1.807, 2.05) is 65.0 Å². The van der Waals surface area contributed by atoms with Crippen molar-refractivity contribution < 1.29 is 0 Å². The van der Waals surface area contributed by atoms with Crippen LogP contribution in [0.5, 0.6) is 0 Å². The molecule has 0 N–H and O–H groups in total. The van der Waals surface area contributed by atoms with Gasteiger partial charge in [0.25, 0.3) is 0 Å². The standard InChI is InChI=1S/C8H7N.C7H7Br.2C2H6/c1-7-3-2-4-8(5-7)6-9;1-6-3-2-4-7(8)5-6;2*1-2/h2-5H,1H3;2-5H,1H3;2*1-2H3. The van der Waals surface area contributed by atoms with Gasteiger partial charge in [-0.2, -0.15) is 5.26 Å². The Bertz CT molecular complexity index is 510. The minimum Gasteiger partial charge on any atom is -0.192 e. The molecule has 0 atom stereocenters. The highest BCUT2D eigenvalue weighted by Crippen LogP contribution is 2.09. The molecule has 0 aliphatic heterocycles. The van der Waals surface area contributed by atoms with Gasteiger partial charge in [-0.15, -0.1) is 0 Å². The summed E-state index contributed by atoms with van der Waals surface area (Å²) in [4.78, 5) is 0. The topological polar surface area (TPSA) is 23.8 Å². The molecule has 0 saturated heterocycles. The summed E-state index contributed by atoms with van der Waals surface area (Å²) < 4.78 is 1.15. The monoisotopic (exact) mass is 347 g/mol. The molecule has 114 valence electrons. The highest BCUT2D eigenvalue weighted by Gasteiger charge is 1.86. The molecule has 0 aromatic heterocycles. The third-order valence-corrected chi connectivity index (χ3v) is 2.62. The summed E-state index contributed by atoms with van der Waals surface area (Å²) in [5.41, 5.74) is 3.16. The molecule has 2 aromatic rings. The Morgan fingerprint density at radius 3 is 1.57 bits per heavy atom. The van der Waals surface area contributed by atoms with E-state index in [9.17, 15) is 0 Å². The Morgan fingerprint density at radius 2 is 1.29 bits per heavy atom. The van der Waals surface area contributed by atoms with Gasteiger partial charge in [-0.25, -0.2) is 0 Å². The van der Waals surface area contributed by atoms with Crippen molar-refractivity contribution in [3.05, 3.63) is 69.7 Å². The first-order chi connectivity index (χ1) is 10.1. The van der Waals surface area contributed by atoms with Gasteiger partial charge < -0.3 is 0 Å². The van der Waals surface area contributed by atoms with E-state index in [1.165, 1.54) is 5.56 Å². The van der Waals surface area contributed by atoms with Gasteiger partial charge >= 0.3 is 0 Å². The molecule has 0 radical (unpaired) electrons. The van der Waals surface area contributed by atoms with E-state index in [0.29, 0.717) is 0 Å². The Labute approximate surface area is 138 Å². The molecular weight excluding hydrogens is 322 g/mol. The smallest absolute Gasteiger partial charge is 0.0991 e. The van der Waals surface area contributed by atoms with Crippen molar-refractivity contribution in [2.45, 2.75) is 41.5 Å². The highest BCUT2D eigenvalue weighted by molar-refractivity contribution is 9.10. The molecule has 0 heterocycles. The normalized spacial score (nSPS) is 7.71. The fraction of sp³-hybridized carbons (Fsp3) is 0.316. The lowest BCUT2D eigenvalue weighted by Crippen LogP contribution is -1.73. The number of hydrogen-bond donors (Lipinski definition) is 0. The second-order valence-electron chi connectivity index (χ2n) is 3.78. The van der Waals surface area contributed by atoms with E-state index in [1.54, 1.807) is 6.07 Å². The summed E-state index contributed by atoms with van der Waals surface area (Å²) in [6.07, 6.45) is 0. The zero-order chi connectivity index (χ0) is 16.7. The number of benzene rings is 2. The summed E-state index contributed by atoms with van der Waals surface area (Å²) in [7, 11) is 0. The number of nitrogens with zero attached hydrogens (tertiary/aromatic N) is 1. The van der Waals surface area contributed by atoms with Crippen LogP contribution in [0.3, 0.4) is 0 Å². The van der Waals surface area contributed by atoms with Crippen molar-refractivity contribution in [3.8, 4) is 6.07 Å². The Balaban J connectivity index is 0. The maximum absolute atomic E-state index is 8.41. The lowest BCUT2D eigenvalue weighted by Gasteiger charge is -1.89. The van der Waals surface area contributed by atoms with Crippen LogP contribution in [0.2, 0.25) is 0 Å². The summed E-state index contributed by atoms with van der Waals surface area (Å²) in [5, 5.41) is 8.41. The number of hydrogen-bond acceptors (Lipinski definition) is 1. The van der Waals surface area contributed by atoms with Crippen LogP contribution in [0.4, 0.5) is 0 Å². The predicted octanol–water partition coefficient (Wildman–Crippen LogP) is 6.68. The van der Waals surface area contributed by atoms with E-state index in [0.717, 1.165) is 15.6 Å². The minimum atomic E-state index is 0.731. The summed E-state index contributed by atoms with van der Waals surface area (Å²) in [5.74, 6) is 0. The van der Waals surface area contributed by atoms with Gasteiger partial charge in [0.2, 0.25) is 0 Å². The molecule has 0 spiro atoms. The Morgan fingerprint density at radius 1 is 0.810 bits per heavy atom. The number of aryl methyl sites for hydroxylation is 2. The van der Waals surface area contributed by atoms with Crippen molar-refractivity contribution in [3.63, 3.8) is 0 Å². The van der Waals surface area contributed by atoms with Crippen molar-refractivity contribution in [1.82, 2.24) is 0 Å². The quantitative estimate of drug-likeness (QED) is 0.521. The molecule has 0 unspecified atom stereocenters. The van der Waals surface area contributed by atoms with Crippen LogP contribution < -0.4 is 0 Å². The van der Waals surface area contributed by atoms with Crippen molar-refractivity contribution >= 4 is 15.9 Å². The predicted molar refractivity (Wildman–Crippen MR) is 97.5 cm³/mol. The maximum Gasteiger partial charge on any atom is 0.0991 e. The van der Waals surface area contributed by atoms with Crippen LogP contribution in [-0.2, 0) is 0 Å². The minimum absolute atomic E-state index is 0.731. The van der Waals surface area contributed by atoms with Crippen LogP contribution in [-0.4, -0.2) is 0 Å². The average molecular weight is 348 g/mol. The van der Waals surface area contributed by atoms with Gasteiger partial charge in [0, 0.05) is 4.47 Å². The molecule has 0 amide bonds. The summed E-state index contributed by atoms with van der Waals surface area (Å²) >= 11 is 3.36. The van der Waals surface area contributed by atoms with Gasteiger partial charge in [-0.1, -0.05) is 73.5 Å². The van der Waals surface area contributed by atoms with Gasteiger partial charge in [0.05, 0.1) is 11.6 Å². The summed E-state index contributed by atoms with van der Waals surface area (Å²) in [6, 6.07) is 17.8. The van der Waals surface area contributed by atoms with Crippen LogP contribution in [0.15, 0.2) is 53.0 Å². The fourth-order valence-corrected chi connectivity index (χ4v) is 1.83. The zero-order valence-corrected chi connectivity index (χ0v) is 15.5. The van der Waals surface area contributed by atoms with Crippen molar-refractivity contribution in [2.24, 2.45) is 0 Å². The van der Waals surface area contributed by atoms with Crippen LogP contribution in [0.1, 0.15) is 44.4 Å². The van der Waals surface area contributed by atoms with E-state index in [4.69, 9.17) is 5.26 Å². The van der Waals surface area contributed by atoms with E-state index in [-0.39, 0.29) is 0 Å². The molecular formula is C19H26BrN. The number of halogens is 1. The largest absolute Gasteiger partial charge is 0.192 e. The molecule has 0 saturated carbocycles. The molecule has 0 fully saturated rings. The van der Waals surface area contributed by atoms with Crippen molar-refractivity contribution in [1.29, 1.82) is 5.26 Å². The lowest BCUT2D eigenvalue weighted by molar-refractivity contribution is 1.42. The van der Waals surface area contributed by atoms with Gasteiger partial charge in [0.1, 0.15) is 0 Å². The van der Waals surface area contributed by atoms with Crippen molar-refractivity contribution in [2.75, 3.05) is 0 Å². The SMILES string of the molecule is CC.CC.Cc1cccc(Br)c1.Cc1cccc(C#N)c1. The second-order valence-corrected chi connectivity index (χ2v) is 4.70. The fourth-order valence-electron chi connectivity index (χ4n) is 1.32. The first-order valence-corrected chi connectivity index (χ1v) is 8.10. The van der Waals surface area contributed by atoms with E-state index >= 15 is 0 Å². The molecule has 2 rings (SSSR count). The zero-order valence-electron chi connectivity index (χ0n) is 13.9. The second kappa shape index (κ2) is 14.8. The molecule has 21 heavy (non-hydrogen) atoms. The highest BCUT2D eigenvalue weighted by atomic mass is 79.9. The molecule has 2 heteroatoms. The van der Waals surface area contributed by atoms with Gasteiger partial charge in [-0.3, -0.25) is 0 Å². The van der Waals surface area contributed by atoms with E-state index < -0.39 is 0 Å². The van der Waals surface area contributed by atoms with Gasteiger partial charge in [0.15, 0.2) is 0 Å². The van der Waals surface area contributed by atoms with Crippen LogP contribution >= 0.6 is 15.9 Å². The third kappa shape index (κ3) is 11.9. The Kier molecular flexibility index (Phi) is 15.3. The summed E-state index contributed by atoms with van der Waals surface area (Å²) in [6.45, 7) is 12.0.